The van der Waals surface area contributed by atoms with Gasteiger partial charge >= 0.3 is 5.97 Å². The summed E-state index contributed by atoms with van der Waals surface area (Å²) in [6.07, 6.45) is 5.31. The third-order valence-corrected chi connectivity index (χ3v) is 12.8. The van der Waals surface area contributed by atoms with Gasteiger partial charge in [0.05, 0.1) is 19.6 Å². The van der Waals surface area contributed by atoms with Crippen LogP contribution in [-0.4, -0.2) is 187 Å². The van der Waals surface area contributed by atoms with Crippen molar-refractivity contribution in [3.05, 3.63) is 11.8 Å². The van der Waals surface area contributed by atoms with Crippen LogP contribution in [0.1, 0.15) is 119 Å². The topological polar surface area (TPSA) is 443 Å². The number of ketones is 1. The van der Waals surface area contributed by atoms with Crippen LogP contribution in [0.2, 0.25) is 0 Å². The van der Waals surface area contributed by atoms with E-state index in [2.05, 4.69) is 56.4 Å². The number of nitrogens with zero attached hydrogens (tertiary/aromatic N) is 1. The number of likely N-dealkylation sites (N-methyl/N-ethyl adjacent to an activating group) is 1. The molecule has 0 aliphatic carbocycles. The number of unbranched alkanes of at least 4 members (excludes halogenated alkanes) is 6. The number of aliphatic hydroxyl groups excluding tert-OH is 2. The molecule has 0 radical (unpaired) electrons. The quantitative estimate of drug-likeness (QED) is 0.0145. The number of esters is 1. The molecule has 0 aromatic carbocycles. The molecule has 28 nitrogen and oxygen atoms in total. The molecule has 1 fully saturated rings. The number of hydrogen-bond donors (Lipinski definition) is 13. The number of carbonyl (C=O) groups is 11. The Balaban J connectivity index is 3.73. The molecule has 1 saturated heterocycles. The number of allylic oxidation sites excluding steroid dienone is 1. The highest BCUT2D eigenvalue weighted by molar-refractivity contribution is 7.85. The second-order valence-electron chi connectivity index (χ2n) is 19.5. The Hall–Kier alpha value is -6.14. The lowest BCUT2D eigenvalue weighted by molar-refractivity contribution is -0.156. The van der Waals surface area contributed by atoms with Crippen molar-refractivity contribution in [2.45, 2.75) is 167 Å². The Morgan fingerprint density at radius 1 is 0.766 bits per heavy atom. The van der Waals surface area contributed by atoms with Crippen LogP contribution in [0.5, 0.6) is 0 Å². The van der Waals surface area contributed by atoms with Crippen LogP contribution < -0.4 is 54.0 Å². The molecule has 29 heteroatoms. The zero-order chi connectivity index (χ0) is 58.6. The van der Waals surface area contributed by atoms with Crippen molar-refractivity contribution < 1.29 is 80.7 Å². The molecule has 9 amide bonds. The van der Waals surface area contributed by atoms with Gasteiger partial charge in [-0.15, -0.1) is 0 Å². The van der Waals surface area contributed by atoms with Crippen molar-refractivity contribution in [3.63, 3.8) is 0 Å². The zero-order valence-electron chi connectivity index (χ0n) is 45.1. The predicted molar refractivity (Wildman–Crippen MR) is 277 cm³/mol. The minimum atomic E-state index is -5.10. The van der Waals surface area contributed by atoms with E-state index in [1.54, 1.807) is 0 Å². The molecule has 77 heavy (non-hydrogen) atoms. The number of nitrogens with one attached hydrogen (secondary N) is 8. The number of hydrogen-bond acceptors (Lipinski definition) is 18. The van der Waals surface area contributed by atoms with Gasteiger partial charge in [-0.3, -0.25) is 57.3 Å². The van der Waals surface area contributed by atoms with Crippen molar-refractivity contribution in [2.24, 2.45) is 23.3 Å². The van der Waals surface area contributed by atoms with E-state index in [1.807, 2.05) is 0 Å². The van der Waals surface area contributed by atoms with Crippen LogP contribution >= 0.6 is 0 Å². The molecular formula is C48H83N11O17S. The van der Waals surface area contributed by atoms with E-state index in [0.29, 0.717) is 25.2 Å². The molecule has 8 atom stereocenters. The third kappa shape index (κ3) is 26.2. The van der Waals surface area contributed by atoms with E-state index in [1.165, 1.54) is 20.8 Å². The molecule has 1 heterocycles. The first-order chi connectivity index (χ1) is 36.1. The number of rotatable bonds is 24. The summed E-state index contributed by atoms with van der Waals surface area (Å²) in [6, 6.07) is -12.6. The number of cyclic esters (lactones) is 1. The highest BCUT2D eigenvalue weighted by Gasteiger charge is 2.38. The van der Waals surface area contributed by atoms with E-state index in [0.717, 1.165) is 57.1 Å². The first-order valence-corrected chi connectivity index (χ1v) is 27.4. The average Bonchev–Trinajstić information content (AvgIpc) is 3.34. The van der Waals surface area contributed by atoms with Crippen molar-refractivity contribution in [1.82, 2.24) is 47.4 Å². The fourth-order valence-corrected chi connectivity index (χ4v) is 8.32. The molecule has 1 aliphatic heterocycles. The largest absolute Gasteiger partial charge is 0.459 e. The van der Waals surface area contributed by atoms with Gasteiger partial charge in [-0.05, 0) is 57.9 Å². The summed E-state index contributed by atoms with van der Waals surface area (Å²) in [7, 11) is -3.96. The Labute approximate surface area is 449 Å². The number of amides is 9. The lowest BCUT2D eigenvalue weighted by atomic mass is 10.0. The number of ether oxygens (including phenoxy) is 1. The predicted octanol–water partition coefficient (Wildman–Crippen LogP) is -3.84. The van der Waals surface area contributed by atoms with E-state index in [9.17, 15) is 75.9 Å². The van der Waals surface area contributed by atoms with Crippen LogP contribution in [0.4, 0.5) is 0 Å². The van der Waals surface area contributed by atoms with Crippen LogP contribution in [-0.2, 0) is 67.6 Å². The van der Waals surface area contributed by atoms with Gasteiger partial charge in [0.2, 0.25) is 47.3 Å². The Morgan fingerprint density at radius 3 is 1.86 bits per heavy atom. The highest BCUT2D eigenvalue weighted by Crippen LogP contribution is 2.14. The zero-order valence-corrected chi connectivity index (χ0v) is 46.0. The molecule has 1 aliphatic rings. The first kappa shape index (κ1) is 68.9. The molecular weight excluding hydrogens is 1030 g/mol. The number of aliphatic hydroxyl groups is 2. The van der Waals surface area contributed by atoms with E-state index in [-0.39, 0.29) is 25.8 Å². The van der Waals surface area contributed by atoms with Crippen molar-refractivity contribution in [2.75, 3.05) is 45.6 Å². The SMILES string of the molecule is CC=C1NC(=O)C(CN)NC(=O)C(CO)NC(=O)C(NC(=O)C(CS(=O)(=O)O)NC(=O)CC(=O)CCCCCCCCC(C)C)C(C)OC(=O)CN(C)C(=O)C(CCCCN)NC(=O)C(CO)NC(=O)C(C(C)C)NC1=O. The summed E-state index contributed by atoms with van der Waals surface area (Å²) in [6.45, 7) is 6.17. The molecule has 0 bridgehead atoms. The summed E-state index contributed by atoms with van der Waals surface area (Å²) in [5.41, 5.74) is 11.0. The molecule has 438 valence electrons. The molecule has 1 rings (SSSR count). The Kier molecular flexibility index (Phi) is 31.6. The molecule has 15 N–H and O–H groups in total. The summed E-state index contributed by atoms with van der Waals surface area (Å²) in [4.78, 5) is 150. The number of nitrogens with two attached hydrogens (primary N) is 2. The highest BCUT2D eigenvalue weighted by atomic mass is 32.2. The molecule has 0 aromatic heterocycles. The van der Waals surface area contributed by atoms with Gasteiger partial charge in [0.1, 0.15) is 72.2 Å². The van der Waals surface area contributed by atoms with Crippen molar-refractivity contribution in [1.29, 1.82) is 0 Å². The lowest BCUT2D eigenvalue weighted by Crippen LogP contribution is -2.63. The second-order valence-corrected chi connectivity index (χ2v) is 21.0. The fourth-order valence-electron chi connectivity index (χ4n) is 7.66. The number of Topliss-reactive ketones (excluding diaryl/α,β-unsaturated/α-hetero) is 1. The normalized spacial score (nSPS) is 23.3. The molecule has 0 aromatic rings. The molecule has 0 spiro atoms. The van der Waals surface area contributed by atoms with E-state index < -0.39 is 174 Å². The maximum atomic E-state index is 14.1. The average molecular weight is 1120 g/mol. The van der Waals surface area contributed by atoms with E-state index >= 15 is 0 Å². The standard InChI is InChI=1S/C48H83N11O17S/c1-8-31-41(65)57-39(28(4)5)46(70)55-34(24-60)43(67)53-32(19-15-16-20-49)48(72)59(7)23-38(64)76-29(6)40(47(71)56-35(25-61)44(68)54-33(22-50)42(66)52-31)58-45(69)36(26-77(73,74)75)51-37(63)21-30(62)18-14-12-10-9-11-13-17-27(2)3/h8,27-29,32-36,39-40,60-61H,9-26,49-50H2,1-7H3,(H,51,63)(H,52,66)(H,53,67)(H,54,68)(H,55,70)(H,56,71)(H,57,65)(H,58,69)(H,73,74,75). The molecule has 8 unspecified atom stereocenters. The smallest absolute Gasteiger partial charge is 0.325 e. The summed E-state index contributed by atoms with van der Waals surface area (Å²) < 4.78 is 39.5. The maximum Gasteiger partial charge on any atom is 0.325 e. The minimum Gasteiger partial charge on any atom is -0.459 e. The van der Waals surface area contributed by atoms with Crippen LogP contribution in [0.3, 0.4) is 0 Å². The van der Waals surface area contributed by atoms with Crippen LogP contribution in [0, 0.1) is 11.8 Å². The Bertz CT molecular complexity index is 2180. The van der Waals surface area contributed by atoms with Crippen molar-refractivity contribution >= 4 is 75.0 Å². The lowest BCUT2D eigenvalue weighted by Gasteiger charge is -2.29. The maximum absolute atomic E-state index is 14.1. The second kappa shape index (κ2) is 35.3. The first-order valence-electron chi connectivity index (χ1n) is 25.8. The van der Waals surface area contributed by atoms with Gasteiger partial charge in [-0.2, -0.15) is 8.42 Å². The molecule has 0 saturated carbocycles. The van der Waals surface area contributed by atoms with Gasteiger partial charge in [0.15, 0.2) is 0 Å². The summed E-state index contributed by atoms with van der Waals surface area (Å²) >= 11 is 0. The summed E-state index contributed by atoms with van der Waals surface area (Å²) in [5, 5.41) is 38.4. The van der Waals surface area contributed by atoms with Gasteiger partial charge in [0, 0.05) is 20.0 Å². The van der Waals surface area contributed by atoms with Gasteiger partial charge in [-0.1, -0.05) is 72.3 Å². The van der Waals surface area contributed by atoms with Crippen molar-refractivity contribution in [3.8, 4) is 0 Å². The minimum absolute atomic E-state index is 0.00298. The van der Waals surface area contributed by atoms with Gasteiger partial charge in [-0.25, -0.2) is 0 Å². The monoisotopic (exact) mass is 1120 g/mol. The van der Waals surface area contributed by atoms with Gasteiger partial charge in [0.25, 0.3) is 16.0 Å². The number of carbonyl (C=O) groups excluding carboxylic acids is 11. The van der Waals surface area contributed by atoms with E-state index in [4.69, 9.17) is 16.2 Å². The van der Waals surface area contributed by atoms with Crippen LogP contribution in [0.25, 0.3) is 0 Å². The summed E-state index contributed by atoms with van der Waals surface area (Å²) in [5.74, 6) is -13.7. The van der Waals surface area contributed by atoms with Crippen LogP contribution in [0.15, 0.2) is 11.8 Å². The fraction of sp³-hybridized carbons (Fsp3) is 0.729. The van der Waals surface area contributed by atoms with Gasteiger partial charge < -0.3 is 73.9 Å². The third-order valence-electron chi connectivity index (χ3n) is 12.1. The Morgan fingerprint density at radius 2 is 1.32 bits per heavy atom.